The van der Waals surface area contributed by atoms with Gasteiger partial charge in [0.1, 0.15) is 5.60 Å². The van der Waals surface area contributed by atoms with E-state index in [1.807, 2.05) is 0 Å². The minimum atomic E-state index is -0.594. The third-order valence-corrected chi connectivity index (χ3v) is 2.27. The van der Waals surface area contributed by atoms with Gasteiger partial charge in [-0.05, 0) is 26.8 Å². The quantitative estimate of drug-likeness (QED) is 0.832. The molecule has 0 fully saturated rings. The van der Waals surface area contributed by atoms with Crippen molar-refractivity contribution >= 4 is 18.1 Å². The summed E-state index contributed by atoms with van der Waals surface area (Å²) in [5.41, 5.74) is 0.148. The Hall–Kier alpha value is -2.24. The first-order chi connectivity index (χ1) is 8.89. The molecule has 0 aromatic heterocycles. The lowest BCUT2D eigenvalue weighted by Crippen LogP contribution is -2.27. The van der Waals surface area contributed by atoms with Crippen LogP contribution in [-0.2, 0) is 4.74 Å². The van der Waals surface area contributed by atoms with Gasteiger partial charge in [0.15, 0.2) is 17.8 Å². The molecule has 1 amide bonds. The first-order valence-corrected chi connectivity index (χ1v) is 5.78. The molecule has 1 aromatic carbocycles. The molecule has 6 nitrogen and oxygen atoms in total. The highest BCUT2D eigenvalue weighted by Gasteiger charge is 2.21. The fourth-order valence-electron chi connectivity index (χ4n) is 1.62. The summed E-state index contributed by atoms with van der Waals surface area (Å²) in [5.74, 6) is 0.820. The van der Waals surface area contributed by atoms with Crippen LogP contribution in [0.5, 0.6) is 11.5 Å². The Bertz CT molecular complexity index is 519. The van der Waals surface area contributed by atoms with Crippen LogP contribution in [0.25, 0.3) is 0 Å². The zero-order valence-corrected chi connectivity index (χ0v) is 11.0. The van der Waals surface area contributed by atoms with Crippen molar-refractivity contribution < 1.29 is 23.8 Å². The van der Waals surface area contributed by atoms with Gasteiger partial charge in [0.05, 0.1) is 5.56 Å². The molecule has 0 radical (unpaired) electrons. The van der Waals surface area contributed by atoms with Crippen molar-refractivity contribution in [2.75, 3.05) is 12.1 Å². The summed E-state index contributed by atoms with van der Waals surface area (Å²) in [6.45, 7) is 5.36. The Morgan fingerprint density at radius 2 is 2.11 bits per heavy atom. The predicted molar refractivity (Wildman–Crippen MR) is 67.8 cm³/mol. The number of hydrogen-bond acceptors (Lipinski definition) is 5. The topological polar surface area (TPSA) is 73.9 Å². The van der Waals surface area contributed by atoms with Crippen LogP contribution in [0, 0.1) is 0 Å². The first kappa shape index (κ1) is 13.2. The van der Waals surface area contributed by atoms with E-state index < -0.39 is 11.7 Å². The van der Waals surface area contributed by atoms with Gasteiger partial charge in [-0.3, -0.25) is 10.1 Å². The van der Waals surface area contributed by atoms with Crippen molar-refractivity contribution in [3.05, 3.63) is 17.7 Å². The number of rotatable bonds is 2. The predicted octanol–water partition coefficient (Wildman–Crippen LogP) is 2.57. The number of carbonyl (C=O) groups excluding carboxylic acids is 2. The molecule has 0 bridgehead atoms. The number of anilines is 1. The number of fused-ring (bicyclic) bond motifs is 1. The number of ether oxygens (including phenoxy) is 3. The molecule has 0 saturated carbocycles. The third-order valence-electron chi connectivity index (χ3n) is 2.27. The average molecular weight is 265 g/mol. The van der Waals surface area contributed by atoms with E-state index in [1.54, 1.807) is 26.8 Å². The maximum Gasteiger partial charge on any atom is 0.412 e. The highest BCUT2D eigenvalue weighted by Crippen LogP contribution is 2.37. The SMILES string of the molecule is CC(C)(C)OC(=O)Nc1cc(C=O)c2c(c1)OCO2. The number of benzene rings is 1. The Balaban J connectivity index is 2.18. The molecule has 0 saturated heterocycles. The molecule has 0 aliphatic carbocycles. The van der Waals surface area contributed by atoms with E-state index in [9.17, 15) is 9.59 Å². The molecular formula is C13H15NO5. The third kappa shape index (κ3) is 3.15. The van der Waals surface area contributed by atoms with Crippen molar-refractivity contribution in [3.8, 4) is 11.5 Å². The van der Waals surface area contributed by atoms with Crippen molar-refractivity contribution in [1.82, 2.24) is 0 Å². The number of carbonyl (C=O) groups is 2. The molecular weight excluding hydrogens is 250 g/mol. The second kappa shape index (κ2) is 4.79. The van der Waals surface area contributed by atoms with Gasteiger partial charge in [0, 0.05) is 11.8 Å². The van der Waals surface area contributed by atoms with Crippen LogP contribution in [0.2, 0.25) is 0 Å². The van der Waals surface area contributed by atoms with E-state index in [0.717, 1.165) is 0 Å². The lowest BCUT2D eigenvalue weighted by Gasteiger charge is -2.19. The van der Waals surface area contributed by atoms with E-state index in [4.69, 9.17) is 14.2 Å². The minimum Gasteiger partial charge on any atom is -0.453 e. The second-order valence-electron chi connectivity index (χ2n) is 5.04. The molecule has 6 heteroatoms. The molecule has 0 spiro atoms. The highest BCUT2D eigenvalue weighted by atomic mass is 16.7. The standard InChI is InChI=1S/C13H15NO5/c1-13(2,3)19-12(16)14-9-4-8(6-15)11-10(5-9)17-7-18-11/h4-6H,7H2,1-3H3,(H,14,16). The van der Waals surface area contributed by atoms with Crippen LogP contribution in [0.4, 0.5) is 10.5 Å². The van der Waals surface area contributed by atoms with E-state index in [1.165, 1.54) is 6.07 Å². The largest absolute Gasteiger partial charge is 0.453 e. The summed E-state index contributed by atoms with van der Waals surface area (Å²) in [6, 6.07) is 3.09. The van der Waals surface area contributed by atoms with Gasteiger partial charge in [-0.15, -0.1) is 0 Å². The lowest BCUT2D eigenvalue weighted by molar-refractivity contribution is 0.0635. The van der Waals surface area contributed by atoms with Gasteiger partial charge in [-0.1, -0.05) is 0 Å². The van der Waals surface area contributed by atoms with Crippen molar-refractivity contribution in [3.63, 3.8) is 0 Å². The Labute approximate surface area is 110 Å². The van der Waals surface area contributed by atoms with Crippen LogP contribution in [0.1, 0.15) is 31.1 Å². The maximum atomic E-state index is 11.6. The van der Waals surface area contributed by atoms with E-state index in [0.29, 0.717) is 29.0 Å². The van der Waals surface area contributed by atoms with Crippen LogP contribution < -0.4 is 14.8 Å². The summed E-state index contributed by atoms with van der Waals surface area (Å²) < 4.78 is 15.5. The number of amides is 1. The van der Waals surface area contributed by atoms with Crippen molar-refractivity contribution in [1.29, 1.82) is 0 Å². The summed E-state index contributed by atoms with van der Waals surface area (Å²) in [4.78, 5) is 22.6. The van der Waals surface area contributed by atoms with Crippen LogP contribution in [-0.4, -0.2) is 24.8 Å². The average Bonchev–Trinajstić information content (AvgIpc) is 2.73. The highest BCUT2D eigenvalue weighted by molar-refractivity contribution is 5.90. The zero-order chi connectivity index (χ0) is 14.0. The van der Waals surface area contributed by atoms with Crippen molar-refractivity contribution in [2.45, 2.75) is 26.4 Å². The van der Waals surface area contributed by atoms with E-state index in [2.05, 4.69) is 5.32 Å². The molecule has 102 valence electrons. The number of hydrogen-bond donors (Lipinski definition) is 1. The molecule has 2 rings (SSSR count). The molecule has 1 N–H and O–H groups in total. The van der Waals surface area contributed by atoms with Gasteiger partial charge in [0.25, 0.3) is 0 Å². The Morgan fingerprint density at radius 1 is 1.37 bits per heavy atom. The van der Waals surface area contributed by atoms with Gasteiger partial charge in [-0.2, -0.15) is 0 Å². The van der Waals surface area contributed by atoms with Gasteiger partial charge >= 0.3 is 6.09 Å². The van der Waals surface area contributed by atoms with Crippen LogP contribution in [0.3, 0.4) is 0 Å². The lowest BCUT2D eigenvalue weighted by atomic mass is 10.2. The smallest absolute Gasteiger partial charge is 0.412 e. The monoisotopic (exact) mass is 265 g/mol. The van der Waals surface area contributed by atoms with Crippen LogP contribution in [0.15, 0.2) is 12.1 Å². The van der Waals surface area contributed by atoms with Crippen molar-refractivity contribution in [2.24, 2.45) is 0 Å². The zero-order valence-electron chi connectivity index (χ0n) is 11.0. The summed E-state index contributed by atoms with van der Waals surface area (Å²) >= 11 is 0. The Morgan fingerprint density at radius 3 is 2.74 bits per heavy atom. The van der Waals surface area contributed by atoms with Gasteiger partial charge < -0.3 is 14.2 Å². The summed E-state index contributed by atoms with van der Waals surface area (Å²) in [6.07, 6.45) is 0.0524. The Kier molecular flexibility index (Phi) is 3.33. The second-order valence-corrected chi connectivity index (χ2v) is 5.04. The maximum absolute atomic E-state index is 11.6. The fraction of sp³-hybridized carbons (Fsp3) is 0.385. The molecule has 19 heavy (non-hydrogen) atoms. The fourth-order valence-corrected chi connectivity index (χ4v) is 1.62. The normalized spacial score (nSPS) is 13.0. The minimum absolute atomic E-state index is 0.0616. The molecule has 1 heterocycles. The molecule has 0 unspecified atom stereocenters. The number of aldehydes is 1. The van der Waals surface area contributed by atoms with E-state index >= 15 is 0 Å². The molecule has 1 aliphatic rings. The van der Waals surface area contributed by atoms with E-state index in [-0.39, 0.29) is 6.79 Å². The summed E-state index contributed by atoms with van der Waals surface area (Å²) in [7, 11) is 0. The van der Waals surface area contributed by atoms with Crippen LogP contribution >= 0.6 is 0 Å². The van der Waals surface area contributed by atoms with Gasteiger partial charge in [-0.25, -0.2) is 4.79 Å². The number of nitrogens with one attached hydrogen (secondary N) is 1. The molecule has 1 aliphatic heterocycles. The molecule has 1 aromatic rings. The molecule has 0 atom stereocenters. The summed E-state index contributed by atoms with van der Waals surface area (Å²) in [5, 5.41) is 2.55. The van der Waals surface area contributed by atoms with Gasteiger partial charge in [0.2, 0.25) is 6.79 Å². The first-order valence-electron chi connectivity index (χ1n) is 5.78.